The van der Waals surface area contributed by atoms with Crippen LogP contribution < -0.4 is 26.6 Å². The van der Waals surface area contributed by atoms with Gasteiger partial charge in [-0.25, -0.2) is 18.0 Å². The molecule has 11 heteroatoms. The van der Waals surface area contributed by atoms with Gasteiger partial charge < -0.3 is 15.6 Å². The number of H-pyrrole nitrogens is 2. The van der Waals surface area contributed by atoms with Gasteiger partial charge in [-0.05, 0) is 31.2 Å². The molecule has 150 valence electrons. The number of aryl methyl sites for hydroxylation is 1. The maximum atomic E-state index is 12.5. The number of nitrogens with one attached hydrogen (secondary N) is 5. The maximum Gasteiger partial charge on any atom is 0.325 e. The van der Waals surface area contributed by atoms with Crippen molar-refractivity contribution >= 4 is 33.1 Å². The third kappa shape index (κ3) is 4.90. The molecule has 0 fully saturated rings. The lowest BCUT2D eigenvalue weighted by Gasteiger charge is -2.13. The first-order valence-electron chi connectivity index (χ1n) is 8.33. The highest BCUT2D eigenvalue weighted by atomic mass is 32.2. The van der Waals surface area contributed by atoms with E-state index in [-0.39, 0.29) is 11.4 Å². The van der Waals surface area contributed by atoms with Crippen molar-refractivity contribution in [2.75, 3.05) is 15.4 Å². The van der Waals surface area contributed by atoms with Crippen molar-refractivity contribution in [3.63, 3.8) is 0 Å². The summed E-state index contributed by atoms with van der Waals surface area (Å²) in [7, 11) is -4.32. The molecule has 1 heterocycles. The van der Waals surface area contributed by atoms with Gasteiger partial charge in [-0.1, -0.05) is 29.8 Å². The van der Waals surface area contributed by atoms with E-state index in [4.69, 9.17) is 0 Å². The average molecular weight is 415 g/mol. The van der Waals surface area contributed by atoms with Crippen molar-refractivity contribution in [1.29, 1.82) is 0 Å². The highest BCUT2D eigenvalue weighted by Gasteiger charge is 2.20. The zero-order valence-electron chi connectivity index (χ0n) is 15.1. The first-order chi connectivity index (χ1) is 13.7. The van der Waals surface area contributed by atoms with E-state index in [1.807, 2.05) is 24.0 Å². The van der Waals surface area contributed by atoms with Crippen molar-refractivity contribution in [3.8, 4) is 0 Å². The molecule has 0 aliphatic rings. The molecule has 0 aliphatic carbocycles. The summed E-state index contributed by atoms with van der Waals surface area (Å²) < 4.78 is 27.3. The molecule has 5 N–H and O–H groups in total. The third-order valence-corrected chi connectivity index (χ3v) is 5.17. The summed E-state index contributed by atoms with van der Waals surface area (Å²) in [6, 6.07) is 12.6. The van der Waals surface area contributed by atoms with E-state index < -0.39 is 32.2 Å². The number of para-hydroxylation sites is 2. The minimum Gasteiger partial charge on any atom is -0.313 e. The van der Waals surface area contributed by atoms with Crippen LogP contribution in [0.15, 0.2) is 69.2 Å². The molecule has 0 aliphatic heterocycles. The van der Waals surface area contributed by atoms with E-state index >= 15 is 0 Å². The monoisotopic (exact) mass is 415 g/mol. The number of anilines is 3. The molecule has 0 saturated carbocycles. The molecule has 2 amide bonds. The number of urea groups is 1. The Labute approximate surface area is 165 Å². The first-order valence-corrected chi connectivity index (χ1v) is 9.81. The van der Waals surface area contributed by atoms with Crippen LogP contribution in [0, 0.1) is 6.92 Å². The third-order valence-electron chi connectivity index (χ3n) is 3.80. The summed E-state index contributed by atoms with van der Waals surface area (Å²) in [4.78, 5) is 38.4. The Morgan fingerprint density at radius 1 is 0.931 bits per heavy atom. The van der Waals surface area contributed by atoms with Gasteiger partial charge in [0.2, 0.25) is 0 Å². The number of hydrogen-bond donors (Lipinski definition) is 5. The van der Waals surface area contributed by atoms with Gasteiger partial charge in [0.25, 0.3) is 15.6 Å². The molecule has 0 saturated heterocycles. The number of benzene rings is 2. The number of amides is 2. The molecule has 0 bridgehead atoms. The van der Waals surface area contributed by atoms with Crippen LogP contribution in [0.1, 0.15) is 5.56 Å². The Kier molecular flexibility index (Phi) is 5.50. The van der Waals surface area contributed by atoms with E-state index in [1.54, 1.807) is 24.3 Å². The Morgan fingerprint density at radius 3 is 2.24 bits per heavy atom. The molecule has 1 aromatic heterocycles. The minimum atomic E-state index is -4.32. The van der Waals surface area contributed by atoms with Gasteiger partial charge in [0, 0.05) is 11.9 Å². The standard InChI is InChI=1S/C18H17N5O5S/c1-11-6-8-12(9-7-11)20-18(26)21-13-4-2-3-5-14(13)23-29(27,28)15-10-19-17(25)22-16(15)24/h2-10,23H,1H3,(H2,20,21,26)(H2,19,22,24,25). The van der Waals surface area contributed by atoms with Crippen LogP contribution in [-0.2, 0) is 10.0 Å². The van der Waals surface area contributed by atoms with Gasteiger partial charge in [0.05, 0.1) is 11.4 Å². The van der Waals surface area contributed by atoms with Crippen molar-refractivity contribution in [3.05, 3.63) is 81.1 Å². The number of carbonyl (C=O) groups excluding carboxylic acids is 1. The number of rotatable bonds is 5. The smallest absolute Gasteiger partial charge is 0.313 e. The number of carbonyl (C=O) groups is 1. The quantitative estimate of drug-likeness (QED) is 0.430. The van der Waals surface area contributed by atoms with Gasteiger partial charge >= 0.3 is 11.7 Å². The van der Waals surface area contributed by atoms with Crippen molar-refractivity contribution in [1.82, 2.24) is 9.97 Å². The number of hydrogen-bond acceptors (Lipinski definition) is 5. The first kappa shape index (κ1) is 19.9. The molecule has 3 aromatic rings. The molecule has 0 unspecified atom stereocenters. The fourth-order valence-electron chi connectivity index (χ4n) is 2.40. The van der Waals surface area contributed by atoms with E-state index in [9.17, 15) is 22.8 Å². The van der Waals surface area contributed by atoms with Gasteiger partial charge in [-0.2, -0.15) is 0 Å². The highest BCUT2D eigenvalue weighted by Crippen LogP contribution is 2.23. The van der Waals surface area contributed by atoms with Crippen LogP contribution >= 0.6 is 0 Å². The minimum absolute atomic E-state index is 0.0390. The molecule has 0 spiro atoms. The second-order valence-corrected chi connectivity index (χ2v) is 7.68. The molecular formula is C18H17N5O5S. The van der Waals surface area contributed by atoms with Crippen LogP contribution in [0.25, 0.3) is 0 Å². The van der Waals surface area contributed by atoms with Crippen LogP contribution in [0.4, 0.5) is 21.9 Å². The topological polar surface area (TPSA) is 153 Å². The average Bonchev–Trinajstić information content (AvgIpc) is 2.64. The highest BCUT2D eigenvalue weighted by molar-refractivity contribution is 7.92. The SMILES string of the molecule is Cc1ccc(NC(=O)Nc2ccccc2NS(=O)(=O)c2c[nH]c(=O)[nH]c2=O)cc1. The number of sulfonamides is 1. The van der Waals surface area contributed by atoms with Gasteiger partial charge in [0.15, 0.2) is 4.90 Å². The Hall–Kier alpha value is -3.86. The zero-order chi connectivity index (χ0) is 21.0. The second-order valence-electron chi connectivity index (χ2n) is 6.03. The number of aromatic nitrogens is 2. The van der Waals surface area contributed by atoms with Gasteiger partial charge in [-0.3, -0.25) is 14.5 Å². The molecule has 3 rings (SSSR count). The second kappa shape index (κ2) is 8.02. The summed E-state index contributed by atoms with van der Waals surface area (Å²) in [6.45, 7) is 1.92. The van der Waals surface area contributed by atoms with Gasteiger partial charge in [-0.15, -0.1) is 0 Å². The summed E-state index contributed by atoms with van der Waals surface area (Å²) in [5.74, 6) is 0. The molecule has 2 aromatic carbocycles. The van der Waals surface area contributed by atoms with E-state index in [0.29, 0.717) is 5.69 Å². The molecule has 29 heavy (non-hydrogen) atoms. The predicted molar refractivity (Wildman–Crippen MR) is 109 cm³/mol. The fraction of sp³-hybridized carbons (Fsp3) is 0.0556. The molecule has 0 radical (unpaired) electrons. The lowest BCUT2D eigenvalue weighted by molar-refractivity contribution is 0.262. The normalized spacial score (nSPS) is 10.9. The molecule has 0 atom stereocenters. The summed E-state index contributed by atoms with van der Waals surface area (Å²) in [5, 5.41) is 5.18. The maximum absolute atomic E-state index is 12.5. The van der Waals surface area contributed by atoms with E-state index in [2.05, 4.69) is 20.3 Å². The summed E-state index contributed by atoms with van der Waals surface area (Å²) in [6.07, 6.45) is 0.795. The van der Waals surface area contributed by atoms with E-state index in [0.717, 1.165) is 11.8 Å². The largest absolute Gasteiger partial charge is 0.325 e. The molecular weight excluding hydrogens is 398 g/mol. The Bertz CT molecular complexity index is 1260. The predicted octanol–water partition coefficient (Wildman–Crippen LogP) is 1.82. The summed E-state index contributed by atoms with van der Waals surface area (Å²) >= 11 is 0. The Balaban J connectivity index is 1.81. The molecule has 10 nitrogen and oxygen atoms in total. The van der Waals surface area contributed by atoms with Crippen molar-refractivity contribution in [2.24, 2.45) is 0 Å². The van der Waals surface area contributed by atoms with Crippen LogP contribution in [0.5, 0.6) is 0 Å². The van der Waals surface area contributed by atoms with Crippen LogP contribution in [-0.4, -0.2) is 24.4 Å². The van der Waals surface area contributed by atoms with Crippen molar-refractivity contribution in [2.45, 2.75) is 11.8 Å². The van der Waals surface area contributed by atoms with Crippen molar-refractivity contribution < 1.29 is 13.2 Å². The zero-order valence-corrected chi connectivity index (χ0v) is 16.0. The van der Waals surface area contributed by atoms with Crippen LogP contribution in [0.3, 0.4) is 0 Å². The fourth-order valence-corrected chi connectivity index (χ4v) is 3.49. The van der Waals surface area contributed by atoms with Gasteiger partial charge in [0.1, 0.15) is 0 Å². The van der Waals surface area contributed by atoms with Crippen LogP contribution in [0.2, 0.25) is 0 Å². The summed E-state index contributed by atoms with van der Waals surface area (Å²) in [5.41, 5.74) is -0.0924. The lowest BCUT2D eigenvalue weighted by atomic mass is 10.2. The Morgan fingerprint density at radius 2 is 1.59 bits per heavy atom. The van der Waals surface area contributed by atoms with E-state index in [1.165, 1.54) is 12.1 Å². The number of aromatic amines is 2. The lowest BCUT2D eigenvalue weighted by Crippen LogP contribution is -2.29.